The molecule has 4 nitrogen and oxygen atoms in total. The number of ether oxygens (including phenoxy) is 1. The van der Waals surface area contributed by atoms with Crippen LogP contribution < -0.4 is 5.32 Å². The molecular formula is C18H18ClNO3. The molecule has 1 atom stereocenters. The van der Waals surface area contributed by atoms with Gasteiger partial charge < -0.3 is 15.2 Å². The fourth-order valence-electron chi connectivity index (χ4n) is 1.97. The number of alkyl halides is 1. The third-order valence-electron chi connectivity index (χ3n) is 3.23. The van der Waals surface area contributed by atoms with Crippen molar-refractivity contribution in [2.75, 3.05) is 18.3 Å². The number of halogens is 1. The first-order valence-corrected chi connectivity index (χ1v) is 7.60. The van der Waals surface area contributed by atoms with E-state index in [1.165, 1.54) is 7.11 Å². The summed E-state index contributed by atoms with van der Waals surface area (Å²) in [6, 6.07) is 14.9. The van der Waals surface area contributed by atoms with Gasteiger partial charge in [0.2, 0.25) is 5.91 Å². The summed E-state index contributed by atoms with van der Waals surface area (Å²) in [6.07, 6.45) is 3.04. The van der Waals surface area contributed by atoms with Crippen LogP contribution in [0, 0.1) is 0 Å². The monoisotopic (exact) mass is 331 g/mol. The maximum Gasteiger partial charge on any atom is 0.239 e. The molecule has 0 heterocycles. The van der Waals surface area contributed by atoms with Crippen LogP contribution in [0.4, 0.5) is 5.69 Å². The molecule has 0 fully saturated rings. The minimum Gasteiger partial charge on any atom is -0.364 e. The zero-order valence-electron chi connectivity index (χ0n) is 12.7. The molecule has 1 amide bonds. The Bertz CT molecular complexity index is 666. The average molecular weight is 332 g/mol. The van der Waals surface area contributed by atoms with Gasteiger partial charge in [-0.2, -0.15) is 0 Å². The van der Waals surface area contributed by atoms with Crippen LogP contribution in [0.5, 0.6) is 0 Å². The van der Waals surface area contributed by atoms with Crippen LogP contribution in [0.2, 0.25) is 0 Å². The number of rotatable bonds is 6. The Kier molecular flexibility index (Phi) is 6.35. The van der Waals surface area contributed by atoms with Crippen LogP contribution in [-0.2, 0) is 9.53 Å². The van der Waals surface area contributed by atoms with Crippen molar-refractivity contribution < 1.29 is 14.6 Å². The lowest BCUT2D eigenvalue weighted by molar-refractivity contribution is -0.113. The predicted octanol–water partition coefficient (Wildman–Crippen LogP) is 3.67. The quantitative estimate of drug-likeness (QED) is 0.482. The Morgan fingerprint density at radius 2 is 1.65 bits per heavy atom. The van der Waals surface area contributed by atoms with Gasteiger partial charge >= 0.3 is 0 Å². The van der Waals surface area contributed by atoms with E-state index in [-0.39, 0.29) is 11.8 Å². The molecule has 23 heavy (non-hydrogen) atoms. The van der Waals surface area contributed by atoms with Crippen molar-refractivity contribution in [2.24, 2.45) is 0 Å². The second-order valence-corrected chi connectivity index (χ2v) is 5.16. The first-order valence-electron chi connectivity index (χ1n) is 7.07. The third-order valence-corrected chi connectivity index (χ3v) is 3.47. The highest BCUT2D eigenvalue weighted by Gasteiger charge is 2.03. The van der Waals surface area contributed by atoms with E-state index < -0.39 is 6.29 Å². The van der Waals surface area contributed by atoms with Crippen LogP contribution in [0.1, 0.15) is 23.0 Å². The van der Waals surface area contributed by atoms with Crippen LogP contribution >= 0.6 is 11.6 Å². The lowest BCUT2D eigenvalue weighted by atomic mass is 10.1. The van der Waals surface area contributed by atoms with E-state index in [0.717, 1.165) is 11.1 Å². The highest BCUT2D eigenvalue weighted by Crippen LogP contribution is 2.16. The van der Waals surface area contributed by atoms with Gasteiger partial charge in [0, 0.05) is 18.4 Å². The van der Waals surface area contributed by atoms with Crippen molar-refractivity contribution in [1.29, 1.82) is 0 Å². The van der Waals surface area contributed by atoms with Crippen LogP contribution in [0.3, 0.4) is 0 Å². The maximum absolute atomic E-state index is 11.2. The molecule has 1 unspecified atom stereocenters. The summed E-state index contributed by atoms with van der Waals surface area (Å²) in [7, 11) is 1.46. The van der Waals surface area contributed by atoms with E-state index in [2.05, 4.69) is 5.32 Å². The molecule has 0 aliphatic heterocycles. The number of anilines is 1. The summed E-state index contributed by atoms with van der Waals surface area (Å²) in [5.41, 5.74) is 3.45. The summed E-state index contributed by atoms with van der Waals surface area (Å²) >= 11 is 5.44. The molecular weight excluding hydrogens is 314 g/mol. The van der Waals surface area contributed by atoms with Gasteiger partial charge in [0.15, 0.2) is 6.29 Å². The van der Waals surface area contributed by atoms with Gasteiger partial charge in [-0.05, 0) is 23.3 Å². The van der Waals surface area contributed by atoms with Crippen LogP contribution in [0.25, 0.3) is 12.2 Å². The number of benzene rings is 2. The fourth-order valence-corrected chi connectivity index (χ4v) is 2.04. The largest absolute Gasteiger partial charge is 0.364 e. The summed E-state index contributed by atoms with van der Waals surface area (Å²) < 4.78 is 4.85. The van der Waals surface area contributed by atoms with Crippen molar-refractivity contribution in [3.8, 4) is 0 Å². The van der Waals surface area contributed by atoms with Crippen molar-refractivity contribution >= 4 is 35.3 Å². The number of carbonyl (C=O) groups excluding carboxylic acids is 1. The highest BCUT2D eigenvalue weighted by molar-refractivity contribution is 6.29. The highest BCUT2D eigenvalue weighted by atomic mass is 35.5. The van der Waals surface area contributed by atoms with E-state index in [1.807, 2.05) is 60.7 Å². The molecule has 5 heteroatoms. The Morgan fingerprint density at radius 3 is 2.13 bits per heavy atom. The number of aliphatic hydroxyl groups excluding tert-OH is 1. The molecule has 2 rings (SSSR count). The molecule has 2 N–H and O–H groups in total. The number of amides is 1. The Balaban J connectivity index is 2.01. The zero-order valence-corrected chi connectivity index (χ0v) is 13.5. The molecule has 0 aliphatic carbocycles. The summed E-state index contributed by atoms with van der Waals surface area (Å²) in [6.45, 7) is 0. The van der Waals surface area contributed by atoms with Gasteiger partial charge in [0.1, 0.15) is 5.88 Å². The SMILES string of the molecule is COC(O)c1ccc(/C=C/c2ccc(NC(=O)CCl)cc2)cc1. The molecule has 0 radical (unpaired) electrons. The number of nitrogens with one attached hydrogen (secondary N) is 1. The predicted molar refractivity (Wildman–Crippen MR) is 93.1 cm³/mol. The molecule has 120 valence electrons. The third kappa shape index (κ3) is 5.21. The van der Waals surface area contributed by atoms with Gasteiger partial charge in [0.05, 0.1) is 0 Å². The number of hydrogen-bond donors (Lipinski definition) is 2. The Hall–Kier alpha value is -2.14. The summed E-state index contributed by atoms with van der Waals surface area (Å²) in [5, 5.41) is 12.2. The van der Waals surface area contributed by atoms with E-state index in [9.17, 15) is 9.90 Å². The van der Waals surface area contributed by atoms with Gasteiger partial charge in [0.25, 0.3) is 0 Å². The minimum absolute atomic E-state index is 0.0601. The first kappa shape index (κ1) is 17.2. The molecule has 0 aliphatic rings. The lowest BCUT2D eigenvalue weighted by Crippen LogP contribution is -2.12. The molecule has 0 bridgehead atoms. The second-order valence-electron chi connectivity index (χ2n) is 4.89. The fraction of sp³-hybridized carbons (Fsp3) is 0.167. The van der Waals surface area contributed by atoms with Crippen molar-refractivity contribution in [2.45, 2.75) is 6.29 Å². The number of carbonyl (C=O) groups is 1. The average Bonchev–Trinajstić information content (AvgIpc) is 2.60. The zero-order chi connectivity index (χ0) is 16.7. The first-order chi connectivity index (χ1) is 11.1. The lowest BCUT2D eigenvalue weighted by Gasteiger charge is -2.08. The molecule has 0 aromatic heterocycles. The molecule has 0 spiro atoms. The van der Waals surface area contributed by atoms with Crippen molar-refractivity contribution in [1.82, 2.24) is 0 Å². The number of hydrogen-bond acceptors (Lipinski definition) is 3. The van der Waals surface area contributed by atoms with E-state index in [1.54, 1.807) is 0 Å². The van der Waals surface area contributed by atoms with Gasteiger partial charge in [-0.1, -0.05) is 48.6 Å². The topological polar surface area (TPSA) is 58.6 Å². The standard InChI is InChI=1S/C18H18ClNO3/c1-23-18(22)15-8-4-13(5-9-15)2-3-14-6-10-16(11-7-14)20-17(21)12-19/h2-11,18,22H,12H2,1H3,(H,20,21)/b3-2+. The van der Waals surface area contributed by atoms with Crippen molar-refractivity contribution in [3.63, 3.8) is 0 Å². The van der Waals surface area contributed by atoms with Gasteiger partial charge in [-0.3, -0.25) is 4.79 Å². The van der Waals surface area contributed by atoms with E-state index >= 15 is 0 Å². The number of methoxy groups -OCH3 is 1. The van der Waals surface area contributed by atoms with E-state index in [4.69, 9.17) is 16.3 Å². The summed E-state index contributed by atoms with van der Waals surface area (Å²) in [5.74, 6) is -0.289. The summed E-state index contributed by atoms with van der Waals surface area (Å²) in [4.78, 5) is 11.2. The normalized spacial score (nSPS) is 12.3. The number of aliphatic hydroxyl groups is 1. The molecule has 2 aromatic rings. The van der Waals surface area contributed by atoms with Crippen LogP contribution in [-0.4, -0.2) is 24.0 Å². The van der Waals surface area contributed by atoms with Crippen LogP contribution in [0.15, 0.2) is 48.5 Å². The van der Waals surface area contributed by atoms with Gasteiger partial charge in [-0.15, -0.1) is 11.6 Å². The smallest absolute Gasteiger partial charge is 0.239 e. The van der Waals surface area contributed by atoms with Gasteiger partial charge in [-0.25, -0.2) is 0 Å². The Morgan fingerprint density at radius 1 is 1.13 bits per heavy atom. The Labute approximate surface area is 140 Å². The maximum atomic E-state index is 11.2. The molecule has 0 saturated heterocycles. The van der Waals surface area contributed by atoms with Crippen molar-refractivity contribution in [3.05, 3.63) is 65.2 Å². The minimum atomic E-state index is -0.899. The second kappa shape index (κ2) is 8.48. The molecule has 0 saturated carbocycles. The van der Waals surface area contributed by atoms with E-state index in [0.29, 0.717) is 11.3 Å². The molecule has 2 aromatic carbocycles.